The number of hydrogen-bond donors (Lipinski definition) is 1. The van der Waals surface area contributed by atoms with Crippen LogP contribution in [0.4, 0.5) is 0 Å². The average Bonchev–Trinajstić information content (AvgIpc) is 3.07. The van der Waals surface area contributed by atoms with E-state index < -0.39 is 11.9 Å². The van der Waals surface area contributed by atoms with Gasteiger partial charge in [0.05, 0.1) is 11.6 Å². The van der Waals surface area contributed by atoms with E-state index in [0.29, 0.717) is 29.5 Å². The van der Waals surface area contributed by atoms with Crippen molar-refractivity contribution in [1.29, 1.82) is 0 Å². The summed E-state index contributed by atoms with van der Waals surface area (Å²) in [7, 11) is 0. The number of carbonyl (C=O) groups excluding carboxylic acids is 1. The normalized spacial score (nSPS) is 16.6. The Kier molecular flexibility index (Phi) is 4.31. The number of aliphatic carboxylic acids is 1. The molecule has 4 nitrogen and oxygen atoms in total. The molecule has 5 heteroatoms. The summed E-state index contributed by atoms with van der Waals surface area (Å²) in [5, 5.41) is 9.65. The van der Waals surface area contributed by atoms with Crippen LogP contribution in [-0.2, 0) is 11.3 Å². The molecule has 3 rings (SSSR count). The molecule has 0 saturated heterocycles. The molecule has 1 aromatic heterocycles. The van der Waals surface area contributed by atoms with Crippen molar-refractivity contribution in [3.8, 4) is 0 Å². The molecule has 1 atom stereocenters. The maximum absolute atomic E-state index is 13.0. The van der Waals surface area contributed by atoms with Gasteiger partial charge in [-0.3, -0.25) is 9.59 Å². The van der Waals surface area contributed by atoms with Crippen LogP contribution in [0.25, 0.3) is 0 Å². The standard InChI is InChI=1S/C18H19NO3S/c1-11(2)23-16-6-4-3-5-13(16)17(20)15-8-7-14-12(18(21)22)9-10-19(14)15/h3-8,11-12H,9-10H2,1-2H3,(H,21,22). The third-order valence-corrected chi connectivity index (χ3v) is 5.12. The molecule has 1 unspecified atom stereocenters. The van der Waals surface area contributed by atoms with Crippen molar-refractivity contribution in [2.75, 3.05) is 0 Å². The molecular formula is C18H19NO3S. The average molecular weight is 329 g/mol. The molecule has 0 bridgehead atoms. The van der Waals surface area contributed by atoms with Crippen molar-refractivity contribution in [3.05, 3.63) is 53.3 Å². The lowest BCUT2D eigenvalue weighted by atomic mass is 10.1. The predicted octanol–water partition coefficient (Wildman–Crippen LogP) is 3.79. The van der Waals surface area contributed by atoms with Crippen LogP contribution in [-0.4, -0.2) is 26.7 Å². The number of carbonyl (C=O) groups is 2. The van der Waals surface area contributed by atoms with E-state index in [1.54, 1.807) is 23.9 Å². The van der Waals surface area contributed by atoms with E-state index in [1.807, 2.05) is 28.8 Å². The maximum atomic E-state index is 13.0. The van der Waals surface area contributed by atoms with Gasteiger partial charge in [0, 0.05) is 27.9 Å². The van der Waals surface area contributed by atoms with Gasteiger partial charge in [0.25, 0.3) is 0 Å². The van der Waals surface area contributed by atoms with Crippen LogP contribution in [0.2, 0.25) is 0 Å². The lowest BCUT2D eigenvalue weighted by molar-refractivity contribution is -0.138. The van der Waals surface area contributed by atoms with Gasteiger partial charge in [-0.05, 0) is 30.7 Å². The van der Waals surface area contributed by atoms with Gasteiger partial charge in [-0.25, -0.2) is 0 Å². The summed E-state index contributed by atoms with van der Waals surface area (Å²) in [6.07, 6.45) is 0.550. The number of thioether (sulfide) groups is 1. The van der Waals surface area contributed by atoms with Gasteiger partial charge in [0.1, 0.15) is 0 Å². The SMILES string of the molecule is CC(C)Sc1ccccc1C(=O)c1ccc2n1CCC2C(=O)O. The minimum Gasteiger partial charge on any atom is -0.481 e. The molecule has 1 aromatic carbocycles. The monoisotopic (exact) mass is 329 g/mol. The summed E-state index contributed by atoms with van der Waals surface area (Å²) < 4.78 is 1.86. The first-order chi connectivity index (χ1) is 11.0. The Morgan fingerprint density at radius 1 is 1.22 bits per heavy atom. The smallest absolute Gasteiger partial charge is 0.312 e. The third kappa shape index (κ3) is 2.93. The van der Waals surface area contributed by atoms with Gasteiger partial charge in [0.15, 0.2) is 0 Å². The topological polar surface area (TPSA) is 59.3 Å². The molecule has 2 aromatic rings. The van der Waals surface area contributed by atoms with Crippen molar-refractivity contribution in [2.45, 2.75) is 42.9 Å². The van der Waals surface area contributed by atoms with Gasteiger partial charge in [-0.2, -0.15) is 0 Å². The molecule has 0 fully saturated rings. The van der Waals surface area contributed by atoms with E-state index in [-0.39, 0.29) is 5.78 Å². The first kappa shape index (κ1) is 15.9. The molecule has 1 aliphatic heterocycles. The van der Waals surface area contributed by atoms with E-state index in [4.69, 9.17) is 0 Å². The number of nitrogens with zero attached hydrogens (tertiary/aromatic N) is 1. The number of hydrogen-bond acceptors (Lipinski definition) is 3. The number of carboxylic acid groups (broad SMARTS) is 1. The van der Waals surface area contributed by atoms with Crippen LogP contribution in [0.15, 0.2) is 41.3 Å². The molecule has 0 amide bonds. The van der Waals surface area contributed by atoms with Crippen LogP contribution in [0.5, 0.6) is 0 Å². The fourth-order valence-corrected chi connectivity index (χ4v) is 3.99. The Morgan fingerprint density at radius 2 is 1.96 bits per heavy atom. The highest BCUT2D eigenvalue weighted by atomic mass is 32.2. The van der Waals surface area contributed by atoms with Crippen molar-refractivity contribution >= 4 is 23.5 Å². The highest BCUT2D eigenvalue weighted by molar-refractivity contribution is 8.00. The van der Waals surface area contributed by atoms with Gasteiger partial charge < -0.3 is 9.67 Å². The quantitative estimate of drug-likeness (QED) is 0.670. The van der Waals surface area contributed by atoms with Crippen molar-refractivity contribution in [2.24, 2.45) is 0 Å². The summed E-state index contributed by atoms with van der Waals surface area (Å²) in [6, 6.07) is 11.1. The number of carboxylic acids is 1. The van der Waals surface area contributed by atoms with Crippen LogP contribution in [0.1, 0.15) is 47.9 Å². The van der Waals surface area contributed by atoms with E-state index >= 15 is 0 Å². The van der Waals surface area contributed by atoms with E-state index in [0.717, 1.165) is 10.6 Å². The molecule has 0 spiro atoms. The third-order valence-electron chi connectivity index (χ3n) is 4.04. The number of ketones is 1. The molecule has 0 saturated carbocycles. The number of rotatable bonds is 5. The number of aromatic nitrogens is 1. The molecule has 1 aliphatic rings. The van der Waals surface area contributed by atoms with Gasteiger partial charge in [0.2, 0.25) is 5.78 Å². The van der Waals surface area contributed by atoms with E-state index in [1.165, 1.54) is 0 Å². The Labute approximate surface area is 139 Å². The molecule has 0 aliphatic carbocycles. The highest BCUT2D eigenvalue weighted by Crippen LogP contribution is 2.33. The van der Waals surface area contributed by atoms with Crippen LogP contribution >= 0.6 is 11.8 Å². The molecule has 2 heterocycles. The number of benzene rings is 1. The second-order valence-electron chi connectivity index (χ2n) is 5.97. The zero-order valence-corrected chi connectivity index (χ0v) is 14.0. The van der Waals surface area contributed by atoms with Crippen molar-refractivity contribution in [1.82, 2.24) is 4.57 Å². The van der Waals surface area contributed by atoms with E-state index in [2.05, 4.69) is 13.8 Å². The Balaban J connectivity index is 1.97. The maximum Gasteiger partial charge on any atom is 0.312 e. The molecule has 23 heavy (non-hydrogen) atoms. The summed E-state index contributed by atoms with van der Waals surface area (Å²) >= 11 is 1.67. The summed E-state index contributed by atoms with van der Waals surface area (Å²) in [4.78, 5) is 25.2. The summed E-state index contributed by atoms with van der Waals surface area (Å²) in [5.41, 5.74) is 2.00. The Bertz CT molecular complexity index is 763. The van der Waals surface area contributed by atoms with Crippen LogP contribution < -0.4 is 0 Å². The van der Waals surface area contributed by atoms with E-state index in [9.17, 15) is 14.7 Å². The fourth-order valence-electron chi connectivity index (χ4n) is 3.04. The minimum absolute atomic E-state index is 0.0361. The summed E-state index contributed by atoms with van der Waals surface area (Å²) in [6.45, 7) is 4.77. The summed E-state index contributed by atoms with van der Waals surface area (Å²) in [5.74, 6) is -1.36. The zero-order valence-electron chi connectivity index (χ0n) is 13.2. The van der Waals surface area contributed by atoms with Gasteiger partial charge in [-0.15, -0.1) is 11.8 Å². The first-order valence-electron chi connectivity index (χ1n) is 7.71. The zero-order chi connectivity index (χ0) is 16.6. The lowest BCUT2D eigenvalue weighted by Gasteiger charge is -2.11. The second-order valence-corrected chi connectivity index (χ2v) is 7.58. The van der Waals surface area contributed by atoms with Gasteiger partial charge >= 0.3 is 5.97 Å². The second kappa shape index (κ2) is 6.24. The molecular weight excluding hydrogens is 310 g/mol. The Hall–Kier alpha value is -2.01. The van der Waals surface area contributed by atoms with Crippen LogP contribution in [0.3, 0.4) is 0 Å². The Morgan fingerprint density at radius 3 is 2.65 bits per heavy atom. The largest absolute Gasteiger partial charge is 0.481 e. The van der Waals surface area contributed by atoms with Crippen LogP contribution in [0, 0.1) is 0 Å². The molecule has 120 valence electrons. The van der Waals surface area contributed by atoms with Crippen molar-refractivity contribution < 1.29 is 14.7 Å². The molecule has 1 N–H and O–H groups in total. The predicted molar refractivity (Wildman–Crippen MR) is 90.3 cm³/mol. The number of fused-ring (bicyclic) bond motifs is 1. The molecule has 0 radical (unpaired) electrons. The minimum atomic E-state index is -0.823. The lowest BCUT2D eigenvalue weighted by Crippen LogP contribution is -2.11. The highest BCUT2D eigenvalue weighted by Gasteiger charge is 2.32. The van der Waals surface area contributed by atoms with Gasteiger partial charge in [-0.1, -0.05) is 26.0 Å². The fraction of sp³-hybridized carbons (Fsp3) is 0.333. The first-order valence-corrected chi connectivity index (χ1v) is 8.59. The van der Waals surface area contributed by atoms with Crippen molar-refractivity contribution in [3.63, 3.8) is 0 Å².